The van der Waals surface area contributed by atoms with E-state index in [0.29, 0.717) is 44.1 Å². The van der Waals surface area contributed by atoms with Crippen molar-refractivity contribution < 1.29 is 33.0 Å². The molecule has 41 heavy (non-hydrogen) atoms. The molecule has 0 unspecified atom stereocenters. The molecule has 0 aliphatic heterocycles. The van der Waals surface area contributed by atoms with E-state index in [1.807, 2.05) is 0 Å². The van der Waals surface area contributed by atoms with Gasteiger partial charge in [0.25, 0.3) is 0 Å². The maximum Gasteiger partial charge on any atom is 0.305 e. The molecule has 2 aliphatic rings. The topological polar surface area (TPSA) is 88.1 Å². The Labute approximate surface area is 250 Å². The van der Waals surface area contributed by atoms with Crippen molar-refractivity contribution in [1.82, 2.24) is 0 Å². The highest BCUT2D eigenvalue weighted by Gasteiger charge is 2.51. The van der Waals surface area contributed by atoms with Crippen molar-refractivity contribution in [3.05, 3.63) is 11.1 Å². The Bertz CT molecular complexity index is 950. The van der Waals surface area contributed by atoms with Gasteiger partial charge in [0.1, 0.15) is 0 Å². The summed E-state index contributed by atoms with van der Waals surface area (Å²) in [5, 5.41) is 0.101. The van der Waals surface area contributed by atoms with Gasteiger partial charge in [-0.25, -0.2) is 0 Å². The van der Waals surface area contributed by atoms with E-state index in [4.69, 9.17) is 18.6 Å². The van der Waals surface area contributed by atoms with Gasteiger partial charge in [0.05, 0.1) is 21.3 Å². The zero-order valence-corrected chi connectivity index (χ0v) is 28.8. The first-order chi connectivity index (χ1) is 19.0. The normalized spacial score (nSPS) is 27.9. The Morgan fingerprint density at radius 2 is 1.54 bits per heavy atom. The van der Waals surface area contributed by atoms with Crippen LogP contribution in [0.3, 0.4) is 0 Å². The zero-order chi connectivity index (χ0) is 31.2. The van der Waals surface area contributed by atoms with Gasteiger partial charge in [-0.2, -0.15) is 0 Å². The summed E-state index contributed by atoms with van der Waals surface area (Å²) in [5.74, 6) is 0.743. The molecule has 0 aromatic rings. The summed E-state index contributed by atoms with van der Waals surface area (Å²) >= 11 is 0. The van der Waals surface area contributed by atoms with E-state index in [-0.39, 0.29) is 46.1 Å². The average molecular weight is 595 g/mol. The zero-order valence-electron chi connectivity index (χ0n) is 27.8. The number of allylic oxidation sites excluding steroid dienone is 2. The molecular weight excluding hydrogens is 536 g/mol. The number of carbonyl (C=O) groups is 3. The minimum Gasteiger partial charge on any atom is -0.469 e. The molecular formula is C33H58O7Si. The van der Waals surface area contributed by atoms with E-state index in [2.05, 4.69) is 54.6 Å². The SMILES string of the molecule is COC(=O)CC[C@@H](C)[C@H]1CCC([C@@H]2CC[C@H](CO[Si](C)(C)C(C)(C)C)[C@](C)(CCC(=O)OC)[C@H]2CC(=O)OC)=C1C. The monoisotopic (exact) mass is 594 g/mol. The highest BCUT2D eigenvalue weighted by molar-refractivity contribution is 6.74. The van der Waals surface area contributed by atoms with Gasteiger partial charge in [-0.1, -0.05) is 45.8 Å². The fourth-order valence-corrected chi connectivity index (χ4v) is 8.24. The van der Waals surface area contributed by atoms with Crippen molar-refractivity contribution in [1.29, 1.82) is 0 Å². The number of rotatable bonds is 13. The summed E-state index contributed by atoms with van der Waals surface area (Å²) in [6.45, 7) is 18.7. The second-order valence-corrected chi connectivity index (χ2v) is 19.2. The van der Waals surface area contributed by atoms with Gasteiger partial charge in [-0.05, 0) is 98.6 Å². The predicted octanol–water partition coefficient (Wildman–Crippen LogP) is 7.49. The Morgan fingerprint density at radius 3 is 2.10 bits per heavy atom. The first kappa shape index (κ1) is 35.5. The van der Waals surface area contributed by atoms with Crippen LogP contribution in [0.1, 0.15) is 99.3 Å². The van der Waals surface area contributed by atoms with Crippen LogP contribution in [0.25, 0.3) is 0 Å². The average Bonchev–Trinajstić information content (AvgIpc) is 3.30. The molecule has 1 saturated carbocycles. The van der Waals surface area contributed by atoms with Crippen molar-refractivity contribution in [3.8, 4) is 0 Å². The molecule has 2 aliphatic carbocycles. The minimum absolute atomic E-state index is 0.0375. The third kappa shape index (κ3) is 8.68. The molecule has 1 fully saturated rings. The number of ether oxygens (including phenoxy) is 3. The van der Waals surface area contributed by atoms with E-state index in [1.165, 1.54) is 32.5 Å². The molecule has 0 amide bonds. The van der Waals surface area contributed by atoms with Gasteiger partial charge in [0.15, 0.2) is 8.32 Å². The molecule has 0 N–H and O–H groups in total. The van der Waals surface area contributed by atoms with Crippen LogP contribution in [-0.2, 0) is 33.0 Å². The van der Waals surface area contributed by atoms with E-state index in [9.17, 15) is 14.4 Å². The van der Waals surface area contributed by atoms with Crippen molar-refractivity contribution >= 4 is 26.2 Å². The first-order valence-corrected chi connectivity index (χ1v) is 18.5. The Morgan fingerprint density at radius 1 is 0.951 bits per heavy atom. The molecule has 236 valence electrons. The molecule has 0 heterocycles. The molecule has 8 heteroatoms. The third-order valence-electron chi connectivity index (χ3n) is 11.2. The highest BCUT2D eigenvalue weighted by Crippen LogP contribution is 2.57. The van der Waals surface area contributed by atoms with E-state index >= 15 is 0 Å². The van der Waals surface area contributed by atoms with Crippen LogP contribution in [0.15, 0.2) is 11.1 Å². The summed E-state index contributed by atoms with van der Waals surface area (Å²) in [6.07, 6.45) is 6.61. The Kier molecular flexibility index (Phi) is 12.7. The van der Waals surface area contributed by atoms with Crippen molar-refractivity contribution in [2.24, 2.45) is 35.0 Å². The van der Waals surface area contributed by atoms with Gasteiger partial charge >= 0.3 is 17.9 Å². The van der Waals surface area contributed by atoms with E-state index in [1.54, 1.807) is 0 Å². The summed E-state index contributed by atoms with van der Waals surface area (Å²) < 4.78 is 21.9. The van der Waals surface area contributed by atoms with Crippen LogP contribution in [0.2, 0.25) is 18.1 Å². The van der Waals surface area contributed by atoms with Crippen LogP contribution in [0.4, 0.5) is 0 Å². The summed E-state index contributed by atoms with van der Waals surface area (Å²) in [7, 11) is 2.36. The molecule has 0 aromatic heterocycles. The van der Waals surface area contributed by atoms with Crippen molar-refractivity contribution in [2.75, 3.05) is 27.9 Å². The number of methoxy groups -OCH3 is 3. The van der Waals surface area contributed by atoms with Gasteiger partial charge in [0.2, 0.25) is 0 Å². The van der Waals surface area contributed by atoms with Crippen LogP contribution >= 0.6 is 0 Å². The summed E-state index contributed by atoms with van der Waals surface area (Å²) in [6, 6.07) is 0. The largest absolute Gasteiger partial charge is 0.469 e. The maximum absolute atomic E-state index is 12.9. The molecule has 2 rings (SSSR count). The fraction of sp³-hybridized carbons (Fsp3) is 0.848. The smallest absolute Gasteiger partial charge is 0.305 e. The first-order valence-electron chi connectivity index (χ1n) is 15.6. The molecule has 6 atom stereocenters. The Hall–Kier alpha value is -1.67. The highest BCUT2D eigenvalue weighted by atomic mass is 28.4. The standard InChI is InChI=1S/C33H58O7Si/c1-22(12-17-29(34)37-7)25-15-16-26(23(25)2)27-14-13-24(21-40-41(10,11)32(3,4)5)33(6,19-18-30(35)38-8)28(27)20-31(36)39-9/h22,24-25,27-28H,12-21H2,1-11H3/t22-,24-,25-,27+,28+,33+/m1/s1. The van der Waals surface area contributed by atoms with Gasteiger partial charge < -0.3 is 18.6 Å². The number of esters is 3. The lowest BCUT2D eigenvalue weighted by molar-refractivity contribution is -0.147. The second-order valence-electron chi connectivity index (χ2n) is 14.4. The van der Waals surface area contributed by atoms with Crippen LogP contribution in [0, 0.1) is 35.0 Å². The lowest BCUT2D eigenvalue weighted by Crippen LogP contribution is -2.49. The van der Waals surface area contributed by atoms with Crippen molar-refractivity contribution in [3.63, 3.8) is 0 Å². The van der Waals surface area contributed by atoms with Gasteiger partial charge in [-0.3, -0.25) is 14.4 Å². The number of hydrogen-bond donors (Lipinski definition) is 0. The number of carbonyl (C=O) groups excluding carboxylic acids is 3. The molecule has 0 aromatic carbocycles. The Balaban J connectivity index is 2.45. The third-order valence-corrected chi connectivity index (χ3v) is 15.7. The molecule has 0 spiro atoms. The molecule has 7 nitrogen and oxygen atoms in total. The van der Waals surface area contributed by atoms with Gasteiger partial charge in [0, 0.05) is 25.9 Å². The fourth-order valence-electron chi connectivity index (χ4n) is 7.19. The van der Waals surface area contributed by atoms with Crippen LogP contribution in [0.5, 0.6) is 0 Å². The second kappa shape index (κ2) is 14.7. The molecule has 0 bridgehead atoms. The summed E-state index contributed by atoms with van der Waals surface area (Å²) in [4.78, 5) is 37.1. The predicted molar refractivity (Wildman–Crippen MR) is 165 cm³/mol. The lowest BCUT2D eigenvalue weighted by Gasteiger charge is -2.53. The lowest BCUT2D eigenvalue weighted by atomic mass is 9.53. The van der Waals surface area contributed by atoms with Crippen molar-refractivity contribution in [2.45, 2.75) is 117 Å². The molecule has 0 saturated heterocycles. The van der Waals surface area contributed by atoms with Crippen LogP contribution in [-0.4, -0.2) is 54.2 Å². The summed E-state index contributed by atoms with van der Waals surface area (Å²) in [5.41, 5.74) is 2.60. The van der Waals surface area contributed by atoms with Gasteiger partial charge in [-0.15, -0.1) is 0 Å². The maximum atomic E-state index is 12.9. The quantitative estimate of drug-likeness (QED) is 0.0945. The van der Waals surface area contributed by atoms with Crippen LogP contribution < -0.4 is 0 Å². The van der Waals surface area contributed by atoms with E-state index in [0.717, 1.165) is 32.1 Å². The number of hydrogen-bond acceptors (Lipinski definition) is 7. The minimum atomic E-state index is -1.98. The van der Waals surface area contributed by atoms with E-state index < -0.39 is 8.32 Å². The molecule has 0 radical (unpaired) electrons.